The first-order valence-electron chi connectivity index (χ1n) is 9.65. The van der Waals surface area contributed by atoms with Crippen LogP contribution in [0, 0.1) is 0 Å². The van der Waals surface area contributed by atoms with Crippen molar-refractivity contribution in [3.8, 4) is 5.75 Å². The number of nitrogens with zero attached hydrogens (tertiary/aromatic N) is 4. The maximum Gasteiger partial charge on any atom is 0.433 e. The number of rotatable bonds is 6. The number of likely N-dealkylation sites (tertiary alicyclic amines) is 1. The van der Waals surface area contributed by atoms with Gasteiger partial charge in [-0.25, -0.2) is 9.97 Å². The van der Waals surface area contributed by atoms with Gasteiger partial charge in [-0.3, -0.25) is 4.79 Å². The van der Waals surface area contributed by atoms with Crippen LogP contribution < -0.4 is 4.74 Å². The molecule has 0 aromatic carbocycles. The van der Waals surface area contributed by atoms with Crippen molar-refractivity contribution in [3.05, 3.63) is 59.3 Å². The highest BCUT2D eigenvalue weighted by molar-refractivity contribution is 5.96. The fourth-order valence-corrected chi connectivity index (χ4v) is 3.60. The topological polar surface area (TPSA) is 59.7 Å². The zero-order chi connectivity index (χ0) is 21.5. The molecule has 1 aliphatic heterocycles. The van der Waals surface area contributed by atoms with Crippen LogP contribution in [0.5, 0.6) is 5.75 Å². The summed E-state index contributed by atoms with van der Waals surface area (Å²) in [4.78, 5) is 23.0. The lowest BCUT2D eigenvalue weighted by atomic mass is 9.98. The van der Waals surface area contributed by atoms with E-state index in [4.69, 9.17) is 4.74 Å². The SMILES string of the molecule is CCOc1cc2nc(C3CN(C)C3)cn2cc1CC(=O)c1cccc(C(F)(F)F)n1. The number of likely N-dealkylation sites (N-methyl/N-ethyl adjacent to an activating group) is 1. The normalized spacial score (nSPS) is 15.4. The Morgan fingerprint density at radius 1 is 1.23 bits per heavy atom. The van der Waals surface area contributed by atoms with E-state index < -0.39 is 17.7 Å². The molecule has 0 atom stereocenters. The summed E-state index contributed by atoms with van der Waals surface area (Å²) in [6, 6.07) is 5.09. The molecule has 1 aliphatic rings. The molecule has 30 heavy (non-hydrogen) atoms. The zero-order valence-corrected chi connectivity index (χ0v) is 16.6. The average molecular weight is 418 g/mol. The van der Waals surface area contributed by atoms with Crippen LogP contribution in [0.2, 0.25) is 0 Å². The summed E-state index contributed by atoms with van der Waals surface area (Å²) < 4.78 is 46.3. The third-order valence-electron chi connectivity index (χ3n) is 5.11. The lowest BCUT2D eigenvalue weighted by Crippen LogP contribution is -2.41. The van der Waals surface area contributed by atoms with E-state index in [9.17, 15) is 18.0 Å². The molecule has 3 aromatic rings. The summed E-state index contributed by atoms with van der Waals surface area (Å²) in [6.45, 7) is 4.09. The Balaban J connectivity index is 1.63. The monoisotopic (exact) mass is 418 g/mol. The molecule has 0 N–H and O–H groups in total. The van der Waals surface area contributed by atoms with Crippen molar-refractivity contribution in [1.29, 1.82) is 0 Å². The molecule has 4 rings (SSSR count). The number of Topliss-reactive ketones (excluding diaryl/α,β-unsaturated/α-hetero) is 1. The van der Waals surface area contributed by atoms with Gasteiger partial charge in [0.1, 0.15) is 22.8 Å². The number of halogens is 3. The molecule has 0 bridgehead atoms. The molecule has 0 unspecified atom stereocenters. The first-order valence-corrected chi connectivity index (χ1v) is 9.65. The molecule has 0 aliphatic carbocycles. The maximum absolute atomic E-state index is 12.9. The Hall–Kier alpha value is -2.94. The van der Waals surface area contributed by atoms with Crippen molar-refractivity contribution >= 4 is 11.4 Å². The number of carbonyl (C=O) groups is 1. The van der Waals surface area contributed by atoms with Crippen LogP contribution in [0.25, 0.3) is 5.65 Å². The van der Waals surface area contributed by atoms with Crippen molar-refractivity contribution in [3.63, 3.8) is 0 Å². The van der Waals surface area contributed by atoms with Crippen LogP contribution in [0.1, 0.15) is 40.3 Å². The molecular weight excluding hydrogens is 397 g/mol. The third kappa shape index (κ3) is 4.02. The van der Waals surface area contributed by atoms with Gasteiger partial charge in [-0.1, -0.05) is 6.07 Å². The molecule has 6 nitrogen and oxygen atoms in total. The van der Waals surface area contributed by atoms with Gasteiger partial charge in [-0.05, 0) is 26.1 Å². The molecule has 3 aromatic heterocycles. The molecule has 9 heteroatoms. The lowest BCUT2D eigenvalue weighted by molar-refractivity contribution is -0.141. The summed E-state index contributed by atoms with van der Waals surface area (Å²) in [6.07, 6.45) is -1.04. The van der Waals surface area contributed by atoms with Crippen molar-refractivity contribution in [2.24, 2.45) is 0 Å². The second-order valence-corrected chi connectivity index (χ2v) is 7.45. The first-order chi connectivity index (χ1) is 14.2. The minimum absolute atomic E-state index is 0.126. The molecule has 4 heterocycles. The molecule has 1 fully saturated rings. The Bertz CT molecular complexity index is 1090. The lowest BCUT2D eigenvalue weighted by Gasteiger charge is -2.34. The van der Waals surface area contributed by atoms with Crippen LogP contribution in [-0.4, -0.2) is 51.8 Å². The summed E-state index contributed by atoms with van der Waals surface area (Å²) >= 11 is 0. The Labute approximate surface area is 171 Å². The van der Waals surface area contributed by atoms with Gasteiger partial charge < -0.3 is 14.0 Å². The average Bonchev–Trinajstić information content (AvgIpc) is 3.07. The molecule has 1 saturated heterocycles. The van der Waals surface area contributed by atoms with E-state index in [2.05, 4.69) is 14.9 Å². The highest BCUT2D eigenvalue weighted by Crippen LogP contribution is 2.29. The van der Waals surface area contributed by atoms with E-state index in [1.807, 2.05) is 24.6 Å². The van der Waals surface area contributed by atoms with E-state index in [1.165, 1.54) is 12.1 Å². The molecular formula is C21H21F3N4O2. The molecule has 0 radical (unpaired) electrons. The Kier molecular flexibility index (Phi) is 5.23. The summed E-state index contributed by atoms with van der Waals surface area (Å²) in [7, 11) is 2.05. The summed E-state index contributed by atoms with van der Waals surface area (Å²) in [5, 5.41) is 0. The number of aromatic nitrogens is 3. The van der Waals surface area contributed by atoms with Crippen LogP contribution in [0.3, 0.4) is 0 Å². The largest absolute Gasteiger partial charge is 0.493 e. The number of ketones is 1. The summed E-state index contributed by atoms with van der Waals surface area (Å²) in [5.74, 6) is 0.348. The van der Waals surface area contributed by atoms with Gasteiger partial charge in [-0.15, -0.1) is 0 Å². The highest BCUT2D eigenvalue weighted by Gasteiger charge is 2.33. The van der Waals surface area contributed by atoms with E-state index in [-0.39, 0.29) is 12.1 Å². The fraction of sp³-hybridized carbons (Fsp3) is 0.381. The minimum Gasteiger partial charge on any atom is -0.493 e. The van der Waals surface area contributed by atoms with Crippen molar-refractivity contribution in [1.82, 2.24) is 19.3 Å². The van der Waals surface area contributed by atoms with Crippen LogP contribution >= 0.6 is 0 Å². The Morgan fingerprint density at radius 2 is 2.00 bits per heavy atom. The van der Waals surface area contributed by atoms with Crippen molar-refractivity contribution < 1.29 is 22.7 Å². The van der Waals surface area contributed by atoms with Crippen LogP contribution in [-0.2, 0) is 12.6 Å². The van der Waals surface area contributed by atoms with Gasteiger partial charge in [0, 0.05) is 49.5 Å². The predicted molar refractivity (Wildman–Crippen MR) is 104 cm³/mol. The van der Waals surface area contributed by atoms with Gasteiger partial charge in [0.15, 0.2) is 5.78 Å². The van der Waals surface area contributed by atoms with Gasteiger partial charge in [0.2, 0.25) is 0 Å². The van der Waals surface area contributed by atoms with E-state index in [0.29, 0.717) is 29.5 Å². The number of alkyl halides is 3. The quantitative estimate of drug-likeness (QED) is 0.573. The number of hydrogen-bond donors (Lipinski definition) is 0. The first kappa shape index (κ1) is 20.3. The molecule has 158 valence electrons. The van der Waals surface area contributed by atoms with Crippen molar-refractivity contribution in [2.75, 3.05) is 26.7 Å². The number of carbonyl (C=O) groups excluding carboxylic acids is 1. The van der Waals surface area contributed by atoms with Gasteiger partial charge in [0.25, 0.3) is 0 Å². The van der Waals surface area contributed by atoms with Gasteiger partial charge in [0.05, 0.1) is 12.3 Å². The predicted octanol–water partition coefficient (Wildman–Crippen LogP) is 3.60. The molecule has 0 saturated carbocycles. The number of ether oxygens (including phenoxy) is 1. The Morgan fingerprint density at radius 3 is 2.67 bits per heavy atom. The molecule has 0 spiro atoms. The van der Waals surface area contributed by atoms with Gasteiger partial charge in [-0.2, -0.15) is 13.2 Å². The number of hydrogen-bond acceptors (Lipinski definition) is 5. The second-order valence-electron chi connectivity index (χ2n) is 7.45. The second kappa shape index (κ2) is 7.71. The van der Waals surface area contributed by atoms with Gasteiger partial charge >= 0.3 is 6.18 Å². The number of imidazole rings is 1. The van der Waals surface area contributed by atoms with Crippen LogP contribution in [0.15, 0.2) is 36.7 Å². The van der Waals surface area contributed by atoms with E-state index >= 15 is 0 Å². The smallest absolute Gasteiger partial charge is 0.433 e. The number of fused-ring (bicyclic) bond motifs is 1. The van der Waals surface area contributed by atoms with Crippen LogP contribution in [0.4, 0.5) is 13.2 Å². The number of pyridine rings is 2. The maximum atomic E-state index is 12.9. The molecule has 0 amide bonds. The standard InChI is InChI=1S/C21H21F3N4O2/c1-3-30-18-8-20-26-16(14-9-27(2)10-14)12-28(20)11-13(18)7-17(29)15-5-4-6-19(25-15)21(22,23)24/h4-6,8,11-12,14H,3,7,9-10H2,1-2H3. The minimum atomic E-state index is -4.60. The van der Waals surface area contributed by atoms with E-state index in [0.717, 1.165) is 24.8 Å². The van der Waals surface area contributed by atoms with Crippen molar-refractivity contribution in [2.45, 2.75) is 25.4 Å². The zero-order valence-electron chi connectivity index (χ0n) is 16.6. The third-order valence-corrected chi connectivity index (χ3v) is 5.11. The summed E-state index contributed by atoms with van der Waals surface area (Å²) in [5.41, 5.74) is 0.938. The highest BCUT2D eigenvalue weighted by atomic mass is 19.4. The van der Waals surface area contributed by atoms with E-state index in [1.54, 1.807) is 12.3 Å². The fourth-order valence-electron chi connectivity index (χ4n) is 3.60.